The molecule has 0 radical (unpaired) electrons. The fourth-order valence-corrected chi connectivity index (χ4v) is 9.55. The Morgan fingerprint density at radius 1 is 0.424 bits per heavy atom. The second-order valence-electron chi connectivity index (χ2n) is 19.9. The average molecular weight is 799 g/mol. The number of benzene rings is 4. The van der Waals surface area contributed by atoms with Crippen LogP contribution in [0.4, 0.5) is 0 Å². The number of hydrogen-bond acceptors (Lipinski definition) is 0. The van der Waals surface area contributed by atoms with Crippen molar-refractivity contribution in [3.05, 3.63) is 93.4 Å². The molecule has 1 aliphatic carbocycles. The summed E-state index contributed by atoms with van der Waals surface area (Å²) < 4.78 is 0. The Balaban J connectivity index is 0.000000354. The van der Waals surface area contributed by atoms with E-state index >= 15 is 0 Å². The van der Waals surface area contributed by atoms with Gasteiger partial charge in [0.15, 0.2) is 0 Å². The maximum absolute atomic E-state index is 2.59. The molecule has 0 nitrogen and oxygen atoms in total. The Labute approximate surface area is 365 Å². The van der Waals surface area contributed by atoms with Crippen molar-refractivity contribution in [2.45, 2.75) is 241 Å². The number of rotatable bonds is 25. The van der Waals surface area contributed by atoms with Gasteiger partial charge in [-0.25, -0.2) is 0 Å². The van der Waals surface area contributed by atoms with E-state index in [1.165, 1.54) is 198 Å². The summed E-state index contributed by atoms with van der Waals surface area (Å²) in [5, 5.41) is 9.15. The van der Waals surface area contributed by atoms with Crippen molar-refractivity contribution in [2.24, 2.45) is 0 Å². The van der Waals surface area contributed by atoms with E-state index in [9.17, 15) is 0 Å². The molecule has 0 fully saturated rings. The third kappa shape index (κ3) is 14.1. The van der Waals surface area contributed by atoms with Crippen LogP contribution in [0, 0.1) is 0 Å². The summed E-state index contributed by atoms with van der Waals surface area (Å²) in [6.45, 7) is 23.3. The molecule has 0 spiro atoms. The standard InChI is InChI=1S/C41H64.C18H26/c1-6-9-11-13-15-17-18-20-21-23-27-37-35-29-25-26-30-36(35)38(28-24-22-19-16-14-12-10-7-2)40-33-34(31-32-39(37)40)41(4,5)8-3;1-6-14-9-8-13(3)16-11-10-15(12-17(14)16)18(4,5)7-2/h25-26,29-33H,6-24,27-28H2,1-5H3;10-12H,6-9H2,1-5H3. The molecule has 0 amide bonds. The highest BCUT2D eigenvalue weighted by molar-refractivity contribution is 6.06. The fraction of sp³-hybridized carbons (Fsp3) is 0.627. The van der Waals surface area contributed by atoms with Crippen molar-refractivity contribution < 1.29 is 0 Å². The third-order valence-electron chi connectivity index (χ3n) is 14.7. The monoisotopic (exact) mass is 799 g/mol. The highest BCUT2D eigenvalue weighted by Crippen LogP contribution is 2.38. The first-order valence-electron chi connectivity index (χ1n) is 25.3. The van der Waals surface area contributed by atoms with Crippen molar-refractivity contribution >= 4 is 32.7 Å². The van der Waals surface area contributed by atoms with E-state index < -0.39 is 0 Å². The normalized spacial score (nSPS) is 13.3. The Bertz CT molecular complexity index is 1970. The van der Waals surface area contributed by atoms with Gasteiger partial charge in [0.2, 0.25) is 0 Å². The molecule has 59 heavy (non-hydrogen) atoms. The molecule has 0 N–H and O–H groups in total. The zero-order chi connectivity index (χ0) is 42.7. The maximum atomic E-state index is 2.59. The van der Waals surface area contributed by atoms with E-state index in [1.807, 2.05) is 0 Å². The van der Waals surface area contributed by atoms with Gasteiger partial charge in [-0.15, -0.1) is 0 Å². The predicted molar refractivity (Wildman–Crippen MR) is 268 cm³/mol. The summed E-state index contributed by atoms with van der Waals surface area (Å²) in [5.41, 5.74) is 9.92. The summed E-state index contributed by atoms with van der Waals surface area (Å²) in [7, 11) is 0. The molecular formula is C59H90. The second kappa shape index (κ2) is 25.2. The van der Waals surface area contributed by atoms with Gasteiger partial charge in [-0.1, -0.05) is 237 Å². The molecule has 5 rings (SSSR count). The van der Waals surface area contributed by atoms with Crippen molar-refractivity contribution in [2.75, 3.05) is 0 Å². The van der Waals surface area contributed by atoms with E-state index in [4.69, 9.17) is 0 Å². The van der Waals surface area contributed by atoms with Gasteiger partial charge in [-0.2, -0.15) is 0 Å². The summed E-state index contributed by atoms with van der Waals surface area (Å²) >= 11 is 0. The topological polar surface area (TPSA) is 0 Å². The lowest BCUT2D eigenvalue weighted by molar-refractivity contribution is 0.505. The minimum Gasteiger partial charge on any atom is -0.0654 e. The SMILES string of the molecule is CCC1=c2cc(C(C)(C)CC)ccc2=C(C)CC1.CCCCCCCCCCCCc1c2ccccc2c(CCCCCCCCCC)c2cc(C(C)(C)CC)ccc12. The van der Waals surface area contributed by atoms with Gasteiger partial charge in [0.1, 0.15) is 0 Å². The summed E-state index contributed by atoms with van der Waals surface area (Å²) in [5.74, 6) is 0. The van der Waals surface area contributed by atoms with Crippen molar-refractivity contribution in [3.8, 4) is 0 Å². The van der Waals surface area contributed by atoms with Crippen LogP contribution < -0.4 is 10.4 Å². The van der Waals surface area contributed by atoms with Crippen LogP contribution in [0.2, 0.25) is 0 Å². The van der Waals surface area contributed by atoms with Crippen molar-refractivity contribution in [1.82, 2.24) is 0 Å². The summed E-state index contributed by atoms with van der Waals surface area (Å²) in [6.07, 6.45) is 33.5. The van der Waals surface area contributed by atoms with E-state index in [1.54, 1.807) is 27.7 Å². The summed E-state index contributed by atoms with van der Waals surface area (Å²) in [6, 6.07) is 24.1. The van der Waals surface area contributed by atoms with E-state index in [0.29, 0.717) is 5.41 Å². The maximum Gasteiger partial charge on any atom is -0.0106 e. The molecule has 4 aromatic rings. The lowest BCUT2D eigenvalue weighted by Gasteiger charge is -2.25. The average Bonchev–Trinajstić information content (AvgIpc) is 3.25. The number of aryl methyl sites for hydroxylation is 2. The Morgan fingerprint density at radius 3 is 1.32 bits per heavy atom. The Morgan fingerprint density at radius 2 is 0.847 bits per heavy atom. The number of unbranched alkanes of at least 4 members (excludes halogenated alkanes) is 16. The van der Waals surface area contributed by atoms with Gasteiger partial charge < -0.3 is 0 Å². The molecule has 0 atom stereocenters. The van der Waals surface area contributed by atoms with Crippen LogP contribution in [0.5, 0.6) is 0 Å². The minimum absolute atomic E-state index is 0.215. The first kappa shape index (κ1) is 48.8. The Hall–Kier alpha value is -2.86. The molecule has 4 aromatic carbocycles. The highest BCUT2D eigenvalue weighted by Gasteiger charge is 2.22. The quantitative estimate of drug-likeness (QED) is 0.0463. The van der Waals surface area contributed by atoms with Gasteiger partial charge in [0.05, 0.1) is 0 Å². The van der Waals surface area contributed by atoms with Crippen LogP contribution in [-0.4, -0.2) is 0 Å². The zero-order valence-corrected chi connectivity index (χ0v) is 40.5. The van der Waals surface area contributed by atoms with Crippen molar-refractivity contribution in [1.29, 1.82) is 0 Å². The van der Waals surface area contributed by atoms with Crippen LogP contribution in [0.15, 0.2) is 60.7 Å². The fourth-order valence-electron chi connectivity index (χ4n) is 9.55. The minimum atomic E-state index is 0.215. The molecule has 326 valence electrons. The molecular weight excluding hydrogens is 709 g/mol. The molecule has 0 saturated heterocycles. The highest BCUT2D eigenvalue weighted by atomic mass is 14.3. The molecule has 0 bridgehead atoms. The molecule has 0 heterocycles. The first-order valence-corrected chi connectivity index (χ1v) is 25.3. The molecule has 0 heteroatoms. The number of fused-ring (bicyclic) bond motifs is 3. The first-order chi connectivity index (χ1) is 28.5. The molecule has 1 aliphatic rings. The van der Waals surface area contributed by atoms with Gasteiger partial charge in [-0.3, -0.25) is 0 Å². The smallest absolute Gasteiger partial charge is 0.0106 e. The van der Waals surface area contributed by atoms with Gasteiger partial charge in [-0.05, 0) is 130 Å². The van der Waals surface area contributed by atoms with Gasteiger partial charge in [0, 0.05) is 0 Å². The predicted octanol–water partition coefficient (Wildman–Crippen LogP) is 17.7. The lowest BCUT2D eigenvalue weighted by atomic mass is 9.79. The second-order valence-corrected chi connectivity index (χ2v) is 19.9. The van der Waals surface area contributed by atoms with Crippen molar-refractivity contribution in [3.63, 3.8) is 0 Å². The van der Waals surface area contributed by atoms with Crippen LogP contribution in [0.1, 0.15) is 239 Å². The van der Waals surface area contributed by atoms with E-state index in [-0.39, 0.29) is 5.41 Å². The number of hydrogen-bond donors (Lipinski definition) is 0. The molecule has 0 aromatic heterocycles. The van der Waals surface area contributed by atoms with E-state index in [2.05, 4.69) is 130 Å². The van der Waals surface area contributed by atoms with Crippen LogP contribution in [-0.2, 0) is 23.7 Å². The van der Waals surface area contributed by atoms with E-state index in [0.717, 1.165) is 0 Å². The lowest BCUT2D eigenvalue weighted by Crippen LogP contribution is -2.33. The third-order valence-corrected chi connectivity index (χ3v) is 14.7. The molecule has 0 saturated carbocycles. The zero-order valence-electron chi connectivity index (χ0n) is 40.5. The molecule has 0 aliphatic heterocycles. The van der Waals surface area contributed by atoms with Gasteiger partial charge in [0.25, 0.3) is 0 Å². The Kier molecular flexibility index (Phi) is 20.8. The summed E-state index contributed by atoms with van der Waals surface area (Å²) in [4.78, 5) is 0. The largest absolute Gasteiger partial charge is 0.0654 e. The van der Waals surface area contributed by atoms with Crippen LogP contribution in [0.25, 0.3) is 32.7 Å². The molecule has 0 unspecified atom stereocenters. The van der Waals surface area contributed by atoms with Crippen LogP contribution in [0.3, 0.4) is 0 Å². The van der Waals surface area contributed by atoms with Crippen LogP contribution >= 0.6 is 0 Å². The van der Waals surface area contributed by atoms with Gasteiger partial charge >= 0.3 is 0 Å².